The van der Waals surface area contributed by atoms with E-state index in [0.29, 0.717) is 13.0 Å². The van der Waals surface area contributed by atoms with E-state index in [1.165, 1.54) is 57.8 Å². The molecule has 0 aromatic heterocycles. The maximum Gasteiger partial charge on any atom is 0.305 e. The number of esters is 1. The summed E-state index contributed by atoms with van der Waals surface area (Å²) in [7, 11) is 0. The molecule has 20 heavy (non-hydrogen) atoms. The molecule has 2 heteroatoms. The van der Waals surface area contributed by atoms with Crippen LogP contribution >= 0.6 is 0 Å². The molecule has 2 nitrogen and oxygen atoms in total. The first-order valence-electron chi connectivity index (χ1n) is 8.76. The molecule has 0 saturated carbocycles. The minimum Gasteiger partial charge on any atom is -0.466 e. The first kappa shape index (κ1) is 19.5. The molecular weight excluding hydrogens is 248 g/mol. The molecule has 0 amide bonds. The van der Waals surface area contributed by atoms with Crippen LogP contribution in [-0.4, -0.2) is 12.6 Å². The molecule has 0 aromatic carbocycles. The summed E-state index contributed by atoms with van der Waals surface area (Å²) in [5.74, 6) is -0.00341. The highest BCUT2D eigenvalue weighted by molar-refractivity contribution is 5.69. The Morgan fingerprint density at radius 2 is 1.35 bits per heavy atom. The van der Waals surface area contributed by atoms with Crippen LogP contribution < -0.4 is 0 Å². The number of rotatable bonds is 15. The van der Waals surface area contributed by atoms with Crippen molar-refractivity contribution in [3.05, 3.63) is 6.92 Å². The molecule has 1 radical (unpaired) electrons. The number of carbonyl (C=O) groups excluding carboxylic acids is 1. The van der Waals surface area contributed by atoms with Gasteiger partial charge in [-0.3, -0.25) is 4.79 Å². The normalized spacial score (nSPS) is 10.7. The quantitative estimate of drug-likeness (QED) is 0.278. The topological polar surface area (TPSA) is 26.3 Å². The number of unbranched alkanes of at least 4 members (excludes halogenated alkanes) is 11. The van der Waals surface area contributed by atoms with Gasteiger partial charge in [0.25, 0.3) is 0 Å². The van der Waals surface area contributed by atoms with Crippen LogP contribution in [0, 0.1) is 6.92 Å². The Labute approximate surface area is 126 Å². The standard InChI is InChI=1S/C18H35O2/c1-3-5-7-9-11-12-14-16-18(19)20-17-15-13-10-8-6-4-2/h1,3-17H2,2H3. The van der Waals surface area contributed by atoms with E-state index in [1.807, 2.05) is 0 Å². The predicted octanol–water partition coefficient (Wildman–Crippen LogP) is 5.84. The molecule has 0 aliphatic carbocycles. The van der Waals surface area contributed by atoms with Crippen molar-refractivity contribution in [2.75, 3.05) is 6.61 Å². The number of carbonyl (C=O) groups is 1. The van der Waals surface area contributed by atoms with Crippen molar-refractivity contribution >= 4 is 5.97 Å². The first-order chi connectivity index (χ1) is 9.81. The lowest BCUT2D eigenvalue weighted by Gasteiger charge is -2.05. The van der Waals surface area contributed by atoms with Gasteiger partial charge in [0.1, 0.15) is 0 Å². The van der Waals surface area contributed by atoms with E-state index in [1.54, 1.807) is 0 Å². The smallest absolute Gasteiger partial charge is 0.305 e. The van der Waals surface area contributed by atoms with Crippen molar-refractivity contribution in [1.29, 1.82) is 0 Å². The third-order valence-electron chi connectivity index (χ3n) is 3.64. The summed E-state index contributed by atoms with van der Waals surface area (Å²) in [6.45, 7) is 6.68. The monoisotopic (exact) mass is 283 g/mol. The molecule has 0 spiro atoms. The summed E-state index contributed by atoms with van der Waals surface area (Å²) in [6, 6.07) is 0. The number of hydrogen-bond acceptors (Lipinski definition) is 2. The number of ether oxygens (including phenoxy) is 1. The summed E-state index contributed by atoms with van der Waals surface area (Å²) in [4.78, 5) is 11.5. The summed E-state index contributed by atoms with van der Waals surface area (Å²) < 4.78 is 5.25. The van der Waals surface area contributed by atoms with Gasteiger partial charge in [0.2, 0.25) is 0 Å². The largest absolute Gasteiger partial charge is 0.466 e. The van der Waals surface area contributed by atoms with Gasteiger partial charge in [0.15, 0.2) is 0 Å². The Kier molecular flexibility index (Phi) is 16.1. The Bertz CT molecular complexity index is 182. The summed E-state index contributed by atoms with van der Waals surface area (Å²) in [5.41, 5.74) is 0. The molecule has 0 aliphatic heterocycles. The van der Waals surface area contributed by atoms with Crippen LogP contribution in [-0.2, 0) is 9.53 Å². The highest BCUT2D eigenvalue weighted by Gasteiger charge is 2.02. The van der Waals surface area contributed by atoms with Crippen molar-refractivity contribution in [2.24, 2.45) is 0 Å². The highest BCUT2D eigenvalue weighted by atomic mass is 16.5. The molecule has 0 fully saturated rings. The molecule has 0 saturated heterocycles. The van der Waals surface area contributed by atoms with E-state index in [-0.39, 0.29) is 5.97 Å². The fraction of sp³-hybridized carbons (Fsp3) is 0.889. The van der Waals surface area contributed by atoms with Gasteiger partial charge in [-0.2, -0.15) is 0 Å². The molecule has 0 unspecified atom stereocenters. The third kappa shape index (κ3) is 15.5. The molecule has 0 bridgehead atoms. The van der Waals surface area contributed by atoms with E-state index in [2.05, 4.69) is 13.8 Å². The van der Waals surface area contributed by atoms with Crippen LogP contribution in [0.25, 0.3) is 0 Å². The second-order valence-corrected chi connectivity index (χ2v) is 5.71. The lowest BCUT2D eigenvalue weighted by molar-refractivity contribution is -0.143. The van der Waals surface area contributed by atoms with E-state index in [4.69, 9.17) is 4.74 Å². The Morgan fingerprint density at radius 3 is 2.00 bits per heavy atom. The fourth-order valence-corrected chi connectivity index (χ4v) is 2.29. The highest BCUT2D eigenvalue weighted by Crippen LogP contribution is 2.09. The molecule has 0 aromatic rings. The molecule has 119 valence electrons. The molecule has 0 atom stereocenters. The third-order valence-corrected chi connectivity index (χ3v) is 3.64. The maximum atomic E-state index is 11.5. The Morgan fingerprint density at radius 1 is 0.800 bits per heavy atom. The maximum absolute atomic E-state index is 11.5. The van der Waals surface area contributed by atoms with Crippen LogP contribution in [0.1, 0.15) is 96.8 Å². The van der Waals surface area contributed by atoms with Crippen molar-refractivity contribution in [1.82, 2.24) is 0 Å². The SMILES string of the molecule is [CH2]CCCCCCCCC(=O)OCCCCCCCC. The van der Waals surface area contributed by atoms with Gasteiger partial charge in [-0.25, -0.2) is 0 Å². The van der Waals surface area contributed by atoms with Crippen LogP contribution in [0.2, 0.25) is 0 Å². The second kappa shape index (κ2) is 16.5. The van der Waals surface area contributed by atoms with Crippen molar-refractivity contribution in [3.8, 4) is 0 Å². The van der Waals surface area contributed by atoms with E-state index < -0.39 is 0 Å². The zero-order valence-electron chi connectivity index (χ0n) is 13.6. The second-order valence-electron chi connectivity index (χ2n) is 5.71. The van der Waals surface area contributed by atoms with Crippen LogP contribution in [0.15, 0.2) is 0 Å². The van der Waals surface area contributed by atoms with Crippen LogP contribution in [0.4, 0.5) is 0 Å². The minimum absolute atomic E-state index is 0.00341. The molecule has 0 aliphatic rings. The molecular formula is C18H35O2. The summed E-state index contributed by atoms with van der Waals surface area (Å²) >= 11 is 0. The average molecular weight is 283 g/mol. The van der Waals surface area contributed by atoms with Crippen molar-refractivity contribution in [2.45, 2.75) is 96.8 Å². The zero-order chi connectivity index (χ0) is 14.9. The average Bonchev–Trinajstić information content (AvgIpc) is 2.45. The van der Waals surface area contributed by atoms with Gasteiger partial charge in [-0.15, -0.1) is 0 Å². The molecule has 0 rings (SSSR count). The molecule has 0 N–H and O–H groups in total. The number of hydrogen-bond donors (Lipinski definition) is 0. The van der Waals surface area contributed by atoms with Gasteiger partial charge < -0.3 is 4.74 Å². The van der Waals surface area contributed by atoms with Gasteiger partial charge in [0, 0.05) is 6.42 Å². The van der Waals surface area contributed by atoms with E-state index >= 15 is 0 Å². The summed E-state index contributed by atoms with van der Waals surface area (Å²) in [6.07, 6.45) is 16.3. The fourth-order valence-electron chi connectivity index (χ4n) is 2.29. The van der Waals surface area contributed by atoms with Crippen molar-refractivity contribution < 1.29 is 9.53 Å². The van der Waals surface area contributed by atoms with Gasteiger partial charge in [-0.05, 0) is 12.8 Å². The van der Waals surface area contributed by atoms with E-state index in [9.17, 15) is 4.79 Å². The molecule has 0 heterocycles. The van der Waals surface area contributed by atoms with Crippen LogP contribution in [0.3, 0.4) is 0 Å². The summed E-state index contributed by atoms with van der Waals surface area (Å²) in [5, 5.41) is 0. The Balaban J connectivity index is 3.13. The van der Waals surface area contributed by atoms with Gasteiger partial charge >= 0.3 is 5.97 Å². The first-order valence-corrected chi connectivity index (χ1v) is 8.76. The van der Waals surface area contributed by atoms with Crippen LogP contribution in [0.5, 0.6) is 0 Å². The zero-order valence-corrected chi connectivity index (χ0v) is 13.6. The van der Waals surface area contributed by atoms with Gasteiger partial charge in [-0.1, -0.05) is 84.5 Å². The lowest BCUT2D eigenvalue weighted by Crippen LogP contribution is -2.05. The lowest BCUT2D eigenvalue weighted by atomic mass is 10.1. The minimum atomic E-state index is -0.00341. The van der Waals surface area contributed by atoms with Crippen molar-refractivity contribution in [3.63, 3.8) is 0 Å². The Hall–Kier alpha value is -0.530. The van der Waals surface area contributed by atoms with E-state index in [0.717, 1.165) is 25.7 Å². The predicted molar refractivity (Wildman–Crippen MR) is 86.6 cm³/mol. The van der Waals surface area contributed by atoms with Gasteiger partial charge in [0.05, 0.1) is 6.61 Å².